The van der Waals surface area contributed by atoms with Gasteiger partial charge in [0.25, 0.3) is 0 Å². The number of aliphatic hydroxyl groups excluding tert-OH is 1. The maximum atomic E-state index is 8.86. The van der Waals surface area contributed by atoms with Crippen LogP contribution in [-0.2, 0) is 6.61 Å². The molecule has 1 aromatic heterocycles. The number of halogens is 1. The zero-order chi connectivity index (χ0) is 9.14. The molecule has 0 atom stereocenters. The molecule has 0 aromatic carbocycles. The average Bonchev–Trinajstić information content (AvgIpc) is 2.05. The first-order valence-electron chi connectivity index (χ1n) is 3.58. The first-order valence-corrected chi connectivity index (χ1v) is 3.96. The van der Waals surface area contributed by atoms with Gasteiger partial charge >= 0.3 is 0 Å². The molecule has 0 bridgehead atoms. The largest absolute Gasteiger partial charge is 0.390 e. The summed E-state index contributed by atoms with van der Waals surface area (Å²) in [5.74, 6) is 0.795. The quantitative estimate of drug-likeness (QED) is 0.757. The fourth-order valence-electron chi connectivity index (χ4n) is 0.833. The van der Waals surface area contributed by atoms with Crippen LogP contribution in [0.2, 0.25) is 5.02 Å². The van der Waals surface area contributed by atoms with Crippen molar-refractivity contribution in [2.75, 3.05) is 19.0 Å². The molecule has 0 aliphatic carbocycles. The van der Waals surface area contributed by atoms with Crippen LogP contribution in [-0.4, -0.2) is 24.2 Å². The van der Waals surface area contributed by atoms with Crippen LogP contribution in [0.4, 0.5) is 5.82 Å². The summed E-state index contributed by atoms with van der Waals surface area (Å²) in [7, 11) is 3.77. The number of hydrogen-bond acceptors (Lipinski definition) is 3. The maximum absolute atomic E-state index is 8.86. The number of aromatic nitrogens is 1. The molecule has 1 rings (SSSR count). The van der Waals surface area contributed by atoms with Crippen LogP contribution in [0.25, 0.3) is 0 Å². The summed E-state index contributed by atoms with van der Waals surface area (Å²) in [6.07, 6.45) is 0. The van der Waals surface area contributed by atoms with Gasteiger partial charge in [0.15, 0.2) is 0 Å². The molecule has 1 heterocycles. The second-order valence-electron chi connectivity index (χ2n) is 2.65. The summed E-state index contributed by atoms with van der Waals surface area (Å²) >= 11 is 5.76. The van der Waals surface area contributed by atoms with E-state index in [0.717, 1.165) is 5.82 Å². The Morgan fingerprint density at radius 3 is 2.67 bits per heavy atom. The minimum absolute atomic E-state index is 0.124. The van der Waals surface area contributed by atoms with Crippen molar-refractivity contribution in [3.8, 4) is 0 Å². The van der Waals surface area contributed by atoms with Crippen LogP contribution >= 0.6 is 11.6 Å². The van der Waals surface area contributed by atoms with Gasteiger partial charge in [-0.3, -0.25) is 0 Å². The van der Waals surface area contributed by atoms with Gasteiger partial charge in [-0.2, -0.15) is 0 Å². The van der Waals surface area contributed by atoms with Crippen molar-refractivity contribution in [2.24, 2.45) is 0 Å². The van der Waals surface area contributed by atoms with Gasteiger partial charge in [0.05, 0.1) is 17.3 Å². The molecule has 0 radical (unpaired) electrons. The molecule has 0 spiro atoms. The number of nitrogens with zero attached hydrogens (tertiary/aromatic N) is 2. The van der Waals surface area contributed by atoms with Crippen LogP contribution in [0.3, 0.4) is 0 Å². The van der Waals surface area contributed by atoms with Crippen molar-refractivity contribution in [1.29, 1.82) is 0 Å². The number of hydrogen-bond donors (Lipinski definition) is 1. The van der Waals surface area contributed by atoms with E-state index in [0.29, 0.717) is 10.7 Å². The standard InChI is InChI=1S/C8H11ClN2O/c1-11(2)8-4-3-6(9)7(5-12)10-8/h3-4,12H,5H2,1-2H3. The molecule has 12 heavy (non-hydrogen) atoms. The summed E-state index contributed by atoms with van der Waals surface area (Å²) in [5, 5.41) is 9.36. The van der Waals surface area contributed by atoms with Crippen LogP contribution in [0.5, 0.6) is 0 Å². The highest BCUT2D eigenvalue weighted by Crippen LogP contribution is 2.17. The lowest BCUT2D eigenvalue weighted by molar-refractivity contribution is 0.277. The molecule has 66 valence electrons. The third-order valence-corrected chi connectivity index (χ3v) is 1.86. The van der Waals surface area contributed by atoms with E-state index >= 15 is 0 Å². The van der Waals surface area contributed by atoms with Gasteiger partial charge in [0.2, 0.25) is 0 Å². The Hall–Kier alpha value is -0.800. The fraction of sp³-hybridized carbons (Fsp3) is 0.375. The first-order chi connectivity index (χ1) is 5.65. The lowest BCUT2D eigenvalue weighted by Gasteiger charge is -2.12. The molecule has 0 unspecified atom stereocenters. The second-order valence-corrected chi connectivity index (χ2v) is 3.06. The molecule has 0 aliphatic rings. The highest BCUT2D eigenvalue weighted by molar-refractivity contribution is 6.31. The zero-order valence-corrected chi connectivity index (χ0v) is 7.84. The molecular formula is C8H11ClN2O. The van der Waals surface area contributed by atoms with Gasteiger partial charge in [-0.05, 0) is 12.1 Å². The van der Waals surface area contributed by atoms with Crippen LogP contribution < -0.4 is 4.90 Å². The van der Waals surface area contributed by atoms with Gasteiger partial charge in [-0.15, -0.1) is 0 Å². The summed E-state index contributed by atoms with van der Waals surface area (Å²) in [6, 6.07) is 3.54. The molecule has 0 aliphatic heterocycles. The summed E-state index contributed by atoms with van der Waals surface area (Å²) in [6.45, 7) is -0.124. The monoisotopic (exact) mass is 186 g/mol. The van der Waals surface area contributed by atoms with Gasteiger partial charge in [-0.1, -0.05) is 11.6 Å². The predicted octanol–water partition coefficient (Wildman–Crippen LogP) is 1.29. The van der Waals surface area contributed by atoms with E-state index in [1.807, 2.05) is 25.1 Å². The number of pyridine rings is 1. The van der Waals surface area contributed by atoms with Crippen molar-refractivity contribution in [3.05, 3.63) is 22.8 Å². The Morgan fingerprint density at radius 1 is 1.50 bits per heavy atom. The normalized spacial score (nSPS) is 10.0. The SMILES string of the molecule is CN(C)c1ccc(Cl)c(CO)n1. The summed E-state index contributed by atoms with van der Waals surface area (Å²) in [5.41, 5.74) is 0.517. The van der Waals surface area contributed by atoms with Gasteiger partial charge < -0.3 is 10.0 Å². The second kappa shape index (κ2) is 3.74. The van der Waals surface area contributed by atoms with Gasteiger partial charge in [-0.25, -0.2) is 4.98 Å². The van der Waals surface area contributed by atoms with Crippen molar-refractivity contribution in [3.63, 3.8) is 0 Å². The Labute approximate surface area is 76.6 Å². The van der Waals surface area contributed by atoms with Crippen molar-refractivity contribution in [2.45, 2.75) is 6.61 Å². The minimum Gasteiger partial charge on any atom is -0.390 e. The van der Waals surface area contributed by atoms with E-state index in [2.05, 4.69) is 4.98 Å². The molecule has 0 saturated carbocycles. The van der Waals surface area contributed by atoms with E-state index in [4.69, 9.17) is 16.7 Å². The predicted molar refractivity (Wildman–Crippen MR) is 49.5 cm³/mol. The Balaban J connectivity index is 3.05. The topological polar surface area (TPSA) is 36.4 Å². The van der Waals surface area contributed by atoms with Crippen LogP contribution in [0.15, 0.2) is 12.1 Å². The van der Waals surface area contributed by atoms with Gasteiger partial charge in [0.1, 0.15) is 5.82 Å². The smallest absolute Gasteiger partial charge is 0.128 e. The third-order valence-electron chi connectivity index (χ3n) is 1.51. The van der Waals surface area contributed by atoms with Crippen LogP contribution in [0.1, 0.15) is 5.69 Å². The maximum Gasteiger partial charge on any atom is 0.128 e. The van der Waals surface area contributed by atoms with E-state index in [9.17, 15) is 0 Å². The highest BCUT2D eigenvalue weighted by Gasteiger charge is 2.03. The molecule has 3 nitrogen and oxygen atoms in total. The number of anilines is 1. The average molecular weight is 187 g/mol. The highest BCUT2D eigenvalue weighted by atomic mass is 35.5. The number of aliphatic hydroxyl groups is 1. The van der Waals surface area contributed by atoms with Crippen molar-refractivity contribution >= 4 is 17.4 Å². The first kappa shape index (κ1) is 9.29. The van der Waals surface area contributed by atoms with Crippen molar-refractivity contribution in [1.82, 2.24) is 4.98 Å². The lowest BCUT2D eigenvalue weighted by Crippen LogP contribution is -2.11. The van der Waals surface area contributed by atoms with Crippen LogP contribution in [0, 0.1) is 0 Å². The van der Waals surface area contributed by atoms with Gasteiger partial charge in [0, 0.05) is 14.1 Å². The van der Waals surface area contributed by atoms with E-state index in [1.165, 1.54) is 0 Å². The minimum atomic E-state index is -0.124. The van der Waals surface area contributed by atoms with E-state index in [1.54, 1.807) is 6.07 Å². The molecule has 0 saturated heterocycles. The van der Waals surface area contributed by atoms with E-state index in [-0.39, 0.29) is 6.61 Å². The molecule has 0 fully saturated rings. The third kappa shape index (κ3) is 1.87. The fourth-order valence-corrected chi connectivity index (χ4v) is 0.998. The zero-order valence-electron chi connectivity index (χ0n) is 7.08. The Bertz CT molecular complexity index is 276. The van der Waals surface area contributed by atoms with E-state index < -0.39 is 0 Å². The van der Waals surface area contributed by atoms with Crippen molar-refractivity contribution < 1.29 is 5.11 Å². The number of rotatable bonds is 2. The summed E-state index contributed by atoms with van der Waals surface area (Å²) in [4.78, 5) is 5.99. The molecule has 1 N–H and O–H groups in total. The molecule has 1 aromatic rings. The molecule has 0 amide bonds. The molecule has 4 heteroatoms. The Morgan fingerprint density at radius 2 is 2.17 bits per heavy atom. The molecular weight excluding hydrogens is 176 g/mol. The Kier molecular flexibility index (Phi) is 2.89. The summed E-state index contributed by atoms with van der Waals surface area (Å²) < 4.78 is 0. The lowest BCUT2D eigenvalue weighted by atomic mass is 10.3.